The Balaban J connectivity index is 1.73. The molecule has 152 valence electrons. The second kappa shape index (κ2) is 9.86. The van der Waals surface area contributed by atoms with Crippen LogP contribution in [0.25, 0.3) is 0 Å². The number of nitrogens with one attached hydrogen (secondary N) is 1. The first kappa shape index (κ1) is 21.3. The van der Waals surface area contributed by atoms with E-state index < -0.39 is 0 Å². The van der Waals surface area contributed by atoms with E-state index >= 15 is 0 Å². The van der Waals surface area contributed by atoms with Crippen molar-refractivity contribution in [3.63, 3.8) is 0 Å². The normalized spacial score (nSPS) is 10.8. The summed E-state index contributed by atoms with van der Waals surface area (Å²) in [7, 11) is 0. The van der Waals surface area contributed by atoms with E-state index in [1.165, 1.54) is 0 Å². The van der Waals surface area contributed by atoms with E-state index in [0.717, 1.165) is 29.7 Å². The number of carbonyl (C=O) groups is 1. The molecule has 0 atom stereocenters. The Morgan fingerprint density at radius 2 is 1.97 bits per heavy atom. The van der Waals surface area contributed by atoms with Crippen molar-refractivity contribution in [2.75, 3.05) is 11.9 Å². The molecular formula is C23H23Cl2NO3. The van der Waals surface area contributed by atoms with Gasteiger partial charge in [0.25, 0.3) is 5.91 Å². The summed E-state index contributed by atoms with van der Waals surface area (Å²) in [4.78, 5) is 12.6. The number of hydrogen-bond donors (Lipinski definition) is 1. The molecule has 29 heavy (non-hydrogen) atoms. The van der Waals surface area contributed by atoms with Crippen LogP contribution in [0.2, 0.25) is 10.0 Å². The van der Waals surface area contributed by atoms with Crippen LogP contribution in [0.15, 0.2) is 52.9 Å². The Morgan fingerprint density at radius 1 is 1.14 bits per heavy atom. The molecule has 0 aliphatic heterocycles. The summed E-state index contributed by atoms with van der Waals surface area (Å²) in [5, 5.41) is 3.93. The minimum Gasteiger partial charge on any atom is -0.493 e. The molecule has 0 fully saturated rings. The predicted molar refractivity (Wildman–Crippen MR) is 118 cm³/mol. The Morgan fingerprint density at radius 3 is 2.72 bits per heavy atom. The zero-order valence-corrected chi connectivity index (χ0v) is 17.9. The van der Waals surface area contributed by atoms with E-state index in [1.54, 1.807) is 24.3 Å². The molecule has 3 rings (SSSR count). The quantitative estimate of drug-likeness (QED) is 0.393. The number of amides is 1. The summed E-state index contributed by atoms with van der Waals surface area (Å²) in [6.07, 6.45) is 2.51. The lowest BCUT2D eigenvalue weighted by Gasteiger charge is -2.11. The zero-order valence-electron chi connectivity index (χ0n) is 16.4. The van der Waals surface area contributed by atoms with Crippen LogP contribution in [-0.4, -0.2) is 12.5 Å². The van der Waals surface area contributed by atoms with Gasteiger partial charge in [-0.1, -0.05) is 48.7 Å². The number of unbranched alkanes of at least 4 members (excludes halogenated alkanes) is 1. The third-order valence-corrected chi connectivity index (χ3v) is 5.04. The maximum atomic E-state index is 12.6. The molecule has 2 aromatic carbocycles. The highest BCUT2D eigenvalue weighted by Gasteiger charge is 2.16. The summed E-state index contributed by atoms with van der Waals surface area (Å²) >= 11 is 12.3. The first-order valence-corrected chi connectivity index (χ1v) is 10.3. The second-order valence-corrected chi connectivity index (χ2v) is 7.63. The number of halogens is 2. The third-order valence-electron chi connectivity index (χ3n) is 4.49. The standard InChI is InChI=1S/C23H23Cl2NO3/c1-3-4-12-28-20-10-8-17(24)13-16(20)14-18-9-11-21(29-18)23(27)26-22-15(2)6-5-7-19(22)25/h5-11,13H,3-4,12,14H2,1-2H3,(H,26,27). The molecular weight excluding hydrogens is 409 g/mol. The number of carbonyl (C=O) groups excluding carboxylic acids is 1. The van der Waals surface area contributed by atoms with Crippen molar-refractivity contribution in [2.24, 2.45) is 0 Å². The summed E-state index contributed by atoms with van der Waals surface area (Å²) in [6.45, 7) is 4.65. The molecule has 0 saturated heterocycles. The highest BCUT2D eigenvalue weighted by Crippen LogP contribution is 2.28. The van der Waals surface area contributed by atoms with Crippen LogP contribution in [0.4, 0.5) is 5.69 Å². The van der Waals surface area contributed by atoms with Gasteiger partial charge in [0.05, 0.1) is 17.3 Å². The lowest BCUT2D eigenvalue weighted by atomic mass is 10.1. The van der Waals surface area contributed by atoms with Crippen LogP contribution in [0.1, 0.15) is 47.2 Å². The van der Waals surface area contributed by atoms with Crippen molar-refractivity contribution in [3.05, 3.63) is 81.2 Å². The number of anilines is 1. The molecule has 1 heterocycles. The number of para-hydroxylation sites is 1. The number of rotatable bonds is 8. The SMILES string of the molecule is CCCCOc1ccc(Cl)cc1Cc1ccc(C(=O)Nc2c(C)cccc2Cl)o1. The van der Waals surface area contributed by atoms with Gasteiger partial charge in [-0.25, -0.2) is 0 Å². The van der Waals surface area contributed by atoms with E-state index in [9.17, 15) is 4.79 Å². The maximum Gasteiger partial charge on any atom is 0.291 e. The Hall–Kier alpha value is -2.43. The molecule has 6 heteroatoms. The first-order valence-electron chi connectivity index (χ1n) is 9.54. The summed E-state index contributed by atoms with van der Waals surface area (Å²) in [6, 6.07) is 14.4. The minimum atomic E-state index is -0.349. The van der Waals surface area contributed by atoms with E-state index in [1.807, 2.05) is 31.2 Å². The van der Waals surface area contributed by atoms with E-state index in [0.29, 0.717) is 34.5 Å². The van der Waals surface area contributed by atoms with Crippen molar-refractivity contribution >= 4 is 34.8 Å². The fourth-order valence-electron chi connectivity index (χ4n) is 2.90. The predicted octanol–water partition coefficient (Wildman–Crippen LogP) is 6.92. The molecule has 0 bridgehead atoms. The van der Waals surface area contributed by atoms with Crippen LogP contribution < -0.4 is 10.1 Å². The Bertz CT molecular complexity index is 977. The molecule has 0 spiro atoms. The number of aryl methyl sites for hydroxylation is 1. The molecule has 0 aliphatic rings. The fourth-order valence-corrected chi connectivity index (χ4v) is 3.37. The number of furan rings is 1. The van der Waals surface area contributed by atoms with Gasteiger partial charge in [0.15, 0.2) is 5.76 Å². The molecule has 0 saturated carbocycles. The van der Waals surface area contributed by atoms with Gasteiger partial charge in [-0.05, 0) is 55.3 Å². The molecule has 1 N–H and O–H groups in total. The Kier molecular flexibility index (Phi) is 7.24. The lowest BCUT2D eigenvalue weighted by Crippen LogP contribution is -2.12. The van der Waals surface area contributed by atoms with Gasteiger partial charge in [-0.15, -0.1) is 0 Å². The zero-order chi connectivity index (χ0) is 20.8. The van der Waals surface area contributed by atoms with Gasteiger partial charge in [0, 0.05) is 17.0 Å². The molecule has 0 aliphatic carbocycles. The smallest absolute Gasteiger partial charge is 0.291 e. The molecule has 1 aromatic heterocycles. The van der Waals surface area contributed by atoms with E-state index in [4.69, 9.17) is 32.4 Å². The van der Waals surface area contributed by atoms with Crippen molar-refractivity contribution in [2.45, 2.75) is 33.1 Å². The van der Waals surface area contributed by atoms with Gasteiger partial charge in [-0.2, -0.15) is 0 Å². The number of benzene rings is 2. The van der Waals surface area contributed by atoms with Crippen molar-refractivity contribution in [1.29, 1.82) is 0 Å². The van der Waals surface area contributed by atoms with Crippen LogP contribution in [-0.2, 0) is 6.42 Å². The second-order valence-electron chi connectivity index (χ2n) is 6.78. The fraction of sp³-hybridized carbons (Fsp3) is 0.261. The van der Waals surface area contributed by atoms with E-state index in [2.05, 4.69) is 12.2 Å². The topological polar surface area (TPSA) is 51.5 Å². The number of ether oxygens (including phenoxy) is 1. The van der Waals surface area contributed by atoms with E-state index in [-0.39, 0.29) is 11.7 Å². The lowest BCUT2D eigenvalue weighted by molar-refractivity contribution is 0.0995. The highest BCUT2D eigenvalue weighted by atomic mass is 35.5. The molecule has 0 radical (unpaired) electrons. The largest absolute Gasteiger partial charge is 0.493 e. The molecule has 1 amide bonds. The van der Waals surface area contributed by atoms with Crippen LogP contribution in [0.5, 0.6) is 5.75 Å². The Labute approximate surface area is 180 Å². The third kappa shape index (κ3) is 5.55. The van der Waals surface area contributed by atoms with Gasteiger partial charge < -0.3 is 14.5 Å². The summed E-state index contributed by atoms with van der Waals surface area (Å²) in [5.41, 5.74) is 2.38. The van der Waals surface area contributed by atoms with Crippen LogP contribution >= 0.6 is 23.2 Å². The average Bonchev–Trinajstić information content (AvgIpc) is 3.15. The van der Waals surface area contributed by atoms with Crippen LogP contribution in [0.3, 0.4) is 0 Å². The van der Waals surface area contributed by atoms with Gasteiger partial charge >= 0.3 is 0 Å². The average molecular weight is 432 g/mol. The molecule has 3 aromatic rings. The molecule has 4 nitrogen and oxygen atoms in total. The number of hydrogen-bond acceptors (Lipinski definition) is 3. The van der Waals surface area contributed by atoms with Crippen LogP contribution in [0, 0.1) is 6.92 Å². The summed E-state index contributed by atoms with van der Waals surface area (Å²) in [5.74, 6) is 1.29. The van der Waals surface area contributed by atoms with Gasteiger partial charge in [-0.3, -0.25) is 4.79 Å². The van der Waals surface area contributed by atoms with Crippen molar-refractivity contribution in [3.8, 4) is 5.75 Å². The highest BCUT2D eigenvalue weighted by molar-refractivity contribution is 6.34. The molecule has 0 unspecified atom stereocenters. The van der Waals surface area contributed by atoms with Gasteiger partial charge in [0.2, 0.25) is 0 Å². The first-order chi connectivity index (χ1) is 14.0. The summed E-state index contributed by atoms with van der Waals surface area (Å²) < 4.78 is 11.6. The van der Waals surface area contributed by atoms with Crippen molar-refractivity contribution < 1.29 is 13.9 Å². The van der Waals surface area contributed by atoms with Gasteiger partial charge in [0.1, 0.15) is 11.5 Å². The monoisotopic (exact) mass is 431 g/mol. The van der Waals surface area contributed by atoms with Crippen molar-refractivity contribution in [1.82, 2.24) is 0 Å². The minimum absolute atomic E-state index is 0.217. The maximum absolute atomic E-state index is 12.6.